The quantitative estimate of drug-likeness (QED) is 0.855. The van der Waals surface area contributed by atoms with Crippen molar-refractivity contribution >= 4 is 5.97 Å². The molecule has 1 fully saturated rings. The molecule has 0 bridgehead atoms. The van der Waals surface area contributed by atoms with E-state index in [1.165, 1.54) is 0 Å². The Morgan fingerprint density at radius 3 is 2.29 bits per heavy atom. The summed E-state index contributed by atoms with van der Waals surface area (Å²) in [4.78, 5) is 14.7. The number of pyridine rings is 1. The number of carboxylic acids is 1. The first kappa shape index (κ1) is 11.9. The molecule has 17 heavy (non-hydrogen) atoms. The van der Waals surface area contributed by atoms with Gasteiger partial charge >= 0.3 is 5.97 Å². The van der Waals surface area contributed by atoms with E-state index in [1.807, 2.05) is 0 Å². The smallest absolute Gasteiger partial charge is 0.314 e. The van der Waals surface area contributed by atoms with Gasteiger partial charge in [-0.25, -0.2) is 8.78 Å². The van der Waals surface area contributed by atoms with Crippen molar-refractivity contribution in [1.82, 2.24) is 4.98 Å². The van der Waals surface area contributed by atoms with Gasteiger partial charge in [0.15, 0.2) is 0 Å². The number of aliphatic carboxylic acids is 1. The molecule has 0 radical (unpaired) electrons. The first-order valence-electron chi connectivity index (χ1n) is 5.18. The van der Waals surface area contributed by atoms with Gasteiger partial charge in [0.1, 0.15) is 17.0 Å². The fourth-order valence-corrected chi connectivity index (χ4v) is 2.16. The van der Waals surface area contributed by atoms with Crippen LogP contribution in [0.15, 0.2) is 12.4 Å². The average Bonchev–Trinajstić information content (AvgIpc) is 2.29. The fraction of sp³-hybridized carbons (Fsp3) is 0.455. The number of aromatic nitrogens is 1. The van der Waals surface area contributed by atoms with E-state index in [0.717, 1.165) is 12.4 Å². The number of halogens is 2. The summed E-state index contributed by atoms with van der Waals surface area (Å²) < 4.78 is 32.3. The molecular formula is C11H11F2NO3. The standard InChI is InChI=1S/C11H11F2NO3/c12-7-5-14-6-8(13)9(7)11(10(15)16)1-3-17-4-2-11/h5-6H,1-4H2,(H,15,16). The number of nitrogens with zero attached hydrogens (tertiary/aromatic N) is 1. The summed E-state index contributed by atoms with van der Waals surface area (Å²) in [7, 11) is 0. The minimum absolute atomic E-state index is 0.0557. The van der Waals surface area contributed by atoms with Crippen molar-refractivity contribution < 1.29 is 23.4 Å². The van der Waals surface area contributed by atoms with Crippen molar-refractivity contribution in [3.05, 3.63) is 29.6 Å². The average molecular weight is 243 g/mol. The normalized spacial score (nSPS) is 18.9. The minimum atomic E-state index is -1.55. The Morgan fingerprint density at radius 2 is 1.82 bits per heavy atom. The van der Waals surface area contributed by atoms with Crippen LogP contribution in [0.2, 0.25) is 0 Å². The Kier molecular flexibility index (Phi) is 3.06. The van der Waals surface area contributed by atoms with Crippen molar-refractivity contribution in [2.45, 2.75) is 18.3 Å². The van der Waals surface area contributed by atoms with Crippen LogP contribution in [0.3, 0.4) is 0 Å². The molecule has 0 amide bonds. The summed E-state index contributed by atoms with van der Waals surface area (Å²) in [5, 5.41) is 9.28. The molecule has 1 aromatic heterocycles. The van der Waals surface area contributed by atoms with Crippen LogP contribution < -0.4 is 0 Å². The Morgan fingerprint density at radius 1 is 1.29 bits per heavy atom. The van der Waals surface area contributed by atoms with E-state index in [4.69, 9.17) is 4.74 Å². The van der Waals surface area contributed by atoms with Crippen LogP contribution in [0.25, 0.3) is 0 Å². The third-order valence-corrected chi connectivity index (χ3v) is 3.09. The molecule has 2 heterocycles. The summed E-state index contributed by atoms with van der Waals surface area (Å²) in [5.74, 6) is -3.08. The van der Waals surface area contributed by atoms with Gasteiger partial charge in [-0.2, -0.15) is 0 Å². The van der Waals surface area contributed by atoms with Crippen LogP contribution in [-0.4, -0.2) is 29.3 Å². The molecule has 0 aromatic carbocycles. The van der Waals surface area contributed by atoms with Gasteiger partial charge in [0.25, 0.3) is 0 Å². The zero-order valence-corrected chi connectivity index (χ0v) is 8.95. The highest BCUT2D eigenvalue weighted by molar-refractivity contribution is 5.81. The molecule has 0 aliphatic carbocycles. The van der Waals surface area contributed by atoms with Crippen LogP contribution >= 0.6 is 0 Å². The molecule has 1 aliphatic rings. The van der Waals surface area contributed by atoms with E-state index in [2.05, 4.69) is 4.98 Å². The van der Waals surface area contributed by atoms with E-state index in [-0.39, 0.29) is 26.1 Å². The zero-order chi connectivity index (χ0) is 12.5. The van der Waals surface area contributed by atoms with Gasteiger partial charge in [-0.3, -0.25) is 9.78 Å². The predicted molar refractivity (Wildman–Crippen MR) is 53.5 cm³/mol. The largest absolute Gasteiger partial charge is 0.481 e. The van der Waals surface area contributed by atoms with E-state index in [9.17, 15) is 18.7 Å². The second-order valence-corrected chi connectivity index (χ2v) is 3.98. The summed E-state index contributed by atoms with van der Waals surface area (Å²) >= 11 is 0. The van der Waals surface area contributed by atoms with Gasteiger partial charge in [0, 0.05) is 18.8 Å². The number of carbonyl (C=O) groups is 1. The lowest BCUT2D eigenvalue weighted by molar-refractivity contribution is -0.148. The molecule has 0 spiro atoms. The maximum Gasteiger partial charge on any atom is 0.314 e. The molecule has 2 rings (SSSR count). The van der Waals surface area contributed by atoms with Crippen molar-refractivity contribution in [2.24, 2.45) is 0 Å². The number of carboxylic acid groups (broad SMARTS) is 1. The van der Waals surface area contributed by atoms with Crippen molar-refractivity contribution in [1.29, 1.82) is 0 Å². The Labute approximate surface area is 96.2 Å². The lowest BCUT2D eigenvalue weighted by Gasteiger charge is -2.33. The molecule has 0 saturated carbocycles. The minimum Gasteiger partial charge on any atom is -0.481 e. The monoisotopic (exact) mass is 243 g/mol. The molecule has 1 aromatic rings. The summed E-state index contributed by atoms with van der Waals surface area (Å²) in [6, 6.07) is 0. The van der Waals surface area contributed by atoms with Gasteiger partial charge in [-0.15, -0.1) is 0 Å². The number of hydrogen-bond donors (Lipinski definition) is 1. The van der Waals surface area contributed by atoms with Gasteiger partial charge in [0.2, 0.25) is 0 Å². The molecule has 1 saturated heterocycles. The van der Waals surface area contributed by atoms with Crippen molar-refractivity contribution in [2.75, 3.05) is 13.2 Å². The van der Waals surface area contributed by atoms with Gasteiger partial charge < -0.3 is 9.84 Å². The van der Waals surface area contributed by atoms with Crippen molar-refractivity contribution in [3.63, 3.8) is 0 Å². The van der Waals surface area contributed by atoms with E-state index >= 15 is 0 Å². The van der Waals surface area contributed by atoms with Crippen LogP contribution in [0.5, 0.6) is 0 Å². The molecular weight excluding hydrogens is 232 g/mol. The molecule has 92 valence electrons. The highest BCUT2D eigenvalue weighted by Crippen LogP contribution is 2.37. The zero-order valence-electron chi connectivity index (χ0n) is 8.95. The second-order valence-electron chi connectivity index (χ2n) is 3.98. The molecule has 4 nitrogen and oxygen atoms in total. The van der Waals surface area contributed by atoms with Gasteiger partial charge in [0.05, 0.1) is 12.4 Å². The van der Waals surface area contributed by atoms with Crippen LogP contribution in [0.1, 0.15) is 18.4 Å². The number of rotatable bonds is 2. The van der Waals surface area contributed by atoms with E-state index in [1.54, 1.807) is 0 Å². The molecule has 0 unspecified atom stereocenters. The maximum atomic E-state index is 13.6. The maximum absolute atomic E-state index is 13.6. The SMILES string of the molecule is O=C(O)C1(c2c(F)cncc2F)CCOCC1. The Bertz CT molecular complexity index is 424. The Hall–Kier alpha value is -1.56. The van der Waals surface area contributed by atoms with Crippen molar-refractivity contribution in [3.8, 4) is 0 Å². The van der Waals surface area contributed by atoms with Crippen LogP contribution in [0.4, 0.5) is 8.78 Å². The molecule has 0 atom stereocenters. The third-order valence-electron chi connectivity index (χ3n) is 3.09. The second kappa shape index (κ2) is 4.37. The molecule has 1 aliphatic heterocycles. The van der Waals surface area contributed by atoms with Gasteiger partial charge in [-0.1, -0.05) is 0 Å². The predicted octanol–water partition coefficient (Wildman–Crippen LogP) is 1.49. The molecule has 1 N–H and O–H groups in total. The highest BCUT2D eigenvalue weighted by Gasteiger charge is 2.45. The van der Waals surface area contributed by atoms with Crippen LogP contribution in [0, 0.1) is 11.6 Å². The van der Waals surface area contributed by atoms with E-state index in [0.29, 0.717) is 0 Å². The molecule has 6 heteroatoms. The van der Waals surface area contributed by atoms with E-state index < -0.39 is 28.6 Å². The number of hydrogen-bond acceptors (Lipinski definition) is 3. The highest BCUT2D eigenvalue weighted by atomic mass is 19.1. The lowest BCUT2D eigenvalue weighted by atomic mass is 9.74. The number of ether oxygens (including phenoxy) is 1. The summed E-state index contributed by atoms with van der Waals surface area (Å²) in [6.45, 7) is 0.348. The topological polar surface area (TPSA) is 59.4 Å². The summed E-state index contributed by atoms with van der Waals surface area (Å²) in [6.07, 6.45) is 1.78. The van der Waals surface area contributed by atoms with Gasteiger partial charge in [-0.05, 0) is 12.8 Å². The first-order valence-corrected chi connectivity index (χ1v) is 5.18. The summed E-state index contributed by atoms with van der Waals surface area (Å²) in [5.41, 5.74) is -1.96. The Balaban J connectivity index is 2.56. The third kappa shape index (κ3) is 1.88. The fourth-order valence-electron chi connectivity index (χ4n) is 2.16. The lowest BCUT2D eigenvalue weighted by Crippen LogP contribution is -2.42. The van der Waals surface area contributed by atoms with Crippen LogP contribution in [-0.2, 0) is 14.9 Å². The first-order chi connectivity index (χ1) is 8.08.